The van der Waals surface area contributed by atoms with Gasteiger partial charge in [0.15, 0.2) is 0 Å². The van der Waals surface area contributed by atoms with Gasteiger partial charge in [-0.1, -0.05) is 0 Å². The molecule has 2 fully saturated rings. The highest BCUT2D eigenvalue weighted by atomic mass is 15.1. The molecule has 2 saturated heterocycles. The summed E-state index contributed by atoms with van der Waals surface area (Å²) in [5.74, 6) is 0. The van der Waals surface area contributed by atoms with Gasteiger partial charge in [0.25, 0.3) is 0 Å². The second-order valence-electron chi connectivity index (χ2n) is 11.6. The first-order chi connectivity index (χ1) is 11.7. The van der Waals surface area contributed by atoms with Gasteiger partial charge in [0, 0.05) is 40.5 Å². The second-order valence-corrected chi connectivity index (χ2v) is 11.6. The van der Waals surface area contributed by atoms with Gasteiger partial charge in [-0.2, -0.15) is 0 Å². The molecule has 0 aromatic rings. The van der Waals surface area contributed by atoms with Crippen molar-refractivity contribution in [1.82, 2.24) is 16.0 Å². The molecule has 0 saturated carbocycles. The van der Waals surface area contributed by atoms with Crippen LogP contribution in [0, 0.1) is 0 Å². The largest absolute Gasteiger partial charge is 0.311 e. The Morgan fingerprint density at radius 1 is 0.846 bits per heavy atom. The van der Waals surface area contributed by atoms with Crippen LogP contribution in [0.15, 0.2) is 4.99 Å². The molecule has 26 heavy (non-hydrogen) atoms. The summed E-state index contributed by atoms with van der Waals surface area (Å²) in [6.07, 6.45) is 7.77. The van der Waals surface area contributed by atoms with Crippen molar-refractivity contribution in [2.75, 3.05) is 0 Å². The number of piperidine rings is 2. The van der Waals surface area contributed by atoms with Gasteiger partial charge in [-0.05, 0) is 94.4 Å². The highest BCUT2D eigenvalue weighted by Gasteiger charge is 2.38. The van der Waals surface area contributed by atoms with Crippen LogP contribution in [-0.4, -0.2) is 46.5 Å². The summed E-state index contributed by atoms with van der Waals surface area (Å²) in [7, 11) is 0. The van der Waals surface area contributed by atoms with Crippen molar-refractivity contribution in [3.8, 4) is 0 Å². The van der Waals surface area contributed by atoms with E-state index in [1.807, 2.05) is 0 Å². The van der Waals surface area contributed by atoms with Crippen LogP contribution in [-0.2, 0) is 0 Å². The lowest BCUT2D eigenvalue weighted by Crippen LogP contribution is -2.62. The first-order valence-corrected chi connectivity index (χ1v) is 10.5. The quantitative estimate of drug-likeness (QED) is 0.645. The monoisotopic (exact) mass is 364 g/mol. The minimum Gasteiger partial charge on any atom is -0.311 e. The van der Waals surface area contributed by atoms with Crippen molar-refractivity contribution in [1.29, 1.82) is 0 Å². The summed E-state index contributed by atoms with van der Waals surface area (Å²) < 4.78 is 0. The normalized spacial score (nSPS) is 29.7. The molecular formula is C22H44N4. The zero-order valence-corrected chi connectivity index (χ0v) is 18.8. The fraction of sp³-hybridized carbons (Fsp3) is 0.955. The molecule has 4 nitrogen and oxygen atoms in total. The van der Waals surface area contributed by atoms with Crippen molar-refractivity contribution in [3.63, 3.8) is 0 Å². The predicted molar refractivity (Wildman–Crippen MR) is 114 cm³/mol. The van der Waals surface area contributed by atoms with Gasteiger partial charge in [0.05, 0.1) is 6.04 Å². The molecule has 2 aliphatic heterocycles. The third-order valence-corrected chi connectivity index (χ3v) is 5.65. The third kappa shape index (κ3) is 6.94. The molecule has 0 spiro atoms. The topological polar surface area (TPSA) is 48.5 Å². The van der Waals surface area contributed by atoms with Gasteiger partial charge in [-0.3, -0.25) is 4.99 Å². The maximum Gasteiger partial charge on any atom is 0.0530 e. The molecule has 4 heteroatoms. The molecule has 3 N–H and O–H groups in total. The van der Waals surface area contributed by atoms with E-state index in [0.29, 0.717) is 18.1 Å². The second kappa shape index (κ2) is 7.52. The number of rotatable bonds is 5. The molecule has 0 amide bonds. The molecule has 2 aliphatic rings. The molecule has 0 aromatic heterocycles. The van der Waals surface area contributed by atoms with Crippen LogP contribution in [0.5, 0.6) is 0 Å². The Balaban J connectivity index is 1.84. The Labute approximate surface area is 162 Å². The fourth-order valence-corrected chi connectivity index (χ4v) is 5.65. The third-order valence-electron chi connectivity index (χ3n) is 5.65. The lowest BCUT2D eigenvalue weighted by Gasteiger charge is -2.47. The molecular weight excluding hydrogens is 320 g/mol. The van der Waals surface area contributed by atoms with E-state index < -0.39 is 0 Å². The summed E-state index contributed by atoms with van der Waals surface area (Å²) in [5, 5.41) is 11.4. The van der Waals surface area contributed by atoms with Gasteiger partial charge < -0.3 is 16.0 Å². The average molecular weight is 365 g/mol. The van der Waals surface area contributed by atoms with Crippen LogP contribution in [0.1, 0.15) is 94.4 Å². The average Bonchev–Trinajstić information content (AvgIpc) is 2.29. The van der Waals surface area contributed by atoms with E-state index in [1.54, 1.807) is 0 Å². The lowest BCUT2D eigenvalue weighted by atomic mass is 9.79. The molecule has 0 bridgehead atoms. The fourth-order valence-electron chi connectivity index (χ4n) is 5.65. The van der Waals surface area contributed by atoms with Crippen molar-refractivity contribution in [2.24, 2.45) is 4.99 Å². The zero-order chi connectivity index (χ0) is 19.8. The van der Waals surface area contributed by atoms with E-state index in [4.69, 9.17) is 4.99 Å². The van der Waals surface area contributed by atoms with Crippen LogP contribution in [0.3, 0.4) is 0 Å². The minimum atomic E-state index is 0.167. The number of nitrogens with one attached hydrogen (secondary N) is 3. The summed E-state index contributed by atoms with van der Waals surface area (Å²) >= 11 is 0. The van der Waals surface area contributed by atoms with Crippen LogP contribution in [0.25, 0.3) is 0 Å². The standard InChI is InChI=1S/C22H44N4/c1-16(24-18-14-21(6,7)26-22(8,9)15-18)10-11-23-17-12-19(2,3)25-20(4,5)13-17/h11,16-18,24-26H,10,12-15H2,1-9H3. The number of hydrogen-bond acceptors (Lipinski definition) is 4. The van der Waals surface area contributed by atoms with Crippen LogP contribution < -0.4 is 16.0 Å². The summed E-state index contributed by atoms with van der Waals surface area (Å²) in [6.45, 7) is 20.7. The summed E-state index contributed by atoms with van der Waals surface area (Å²) in [6, 6.07) is 1.47. The maximum atomic E-state index is 4.95. The molecule has 2 heterocycles. The minimum absolute atomic E-state index is 0.167. The highest BCUT2D eigenvalue weighted by molar-refractivity contribution is 5.58. The van der Waals surface area contributed by atoms with Crippen molar-refractivity contribution in [3.05, 3.63) is 0 Å². The number of aliphatic imine (C=N–C) groups is 1. The van der Waals surface area contributed by atoms with Gasteiger partial charge in [-0.25, -0.2) is 0 Å². The van der Waals surface area contributed by atoms with E-state index in [1.165, 1.54) is 12.8 Å². The van der Waals surface area contributed by atoms with E-state index in [2.05, 4.69) is 84.5 Å². The summed E-state index contributed by atoms with van der Waals surface area (Å²) in [4.78, 5) is 4.95. The Morgan fingerprint density at radius 3 is 1.73 bits per heavy atom. The van der Waals surface area contributed by atoms with Crippen LogP contribution >= 0.6 is 0 Å². The first-order valence-electron chi connectivity index (χ1n) is 10.5. The zero-order valence-electron chi connectivity index (χ0n) is 18.8. The van der Waals surface area contributed by atoms with Gasteiger partial charge in [0.1, 0.15) is 0 Å². The molecule has 0 aromatic carbocycles. The lowest BCUT2D eigenvalue weighted by molar-refractivity contribution is 0.141. The summed E-state index contributed by atoms with van der Waals surface area (Å²) in [5.41, 5.74) is 0.721. The Bertz CT molecular complexity index is 472. The van der Waals surface area contributed by atoms with Crippen molar-refractivity contribution >= 4 is 6.21 Å². The smallest absolute Gasteiger partial charge is 0.0530 e. The number of hydrogen-bond donors (Lipinski definition) is 3. The molecule has 152 valence electrons. The SMILES string of the molecule is CC(CC=NC1CC(C)(C)NC(C)(C)C1)NC1CC(C)(C)NC(C)(C)C1. The Hall–Kier alpha value is -0.450. The molecule has 2 rings (SSSR count). The predicted octanol–water partition coefficient (Wildman–Crippen LogP) is 4.04. The molecule has 1 atom stereocenters. The molecule has 0 radical (unpaired) electrons. The Morgan fingerprint density at radius 2 is 1.27 bits per heavy atom. The van der Waals surface area contributed by atoms with Crippen molar-refractivity contribution < 1.29 is 0 Å². The highest BCUT2D eigenvalue weighted by Crippen LogP contribution is 2.30. The van der Waals surface area contributed by atoms with Crippen LogP contribution in [0.4, 0.5) is 0 Å². The molecule has 1 unspecified atom stereocenters. The van der Waals surface area contributed by atoms with E-state index in [-0.39, 0.29) is 22.2 Å². The first kappa shape index (κ1) is 21.8. The van der Waals surface area contributed by atoms with Crippen molar-refractivity contribution in [2.45, 2.75) is 135 Å². The van der Waals surface area contributed by atoms with Gasteiger partial charge >= 0.3 is 0 Å². The van der Waals surface area contributed by atoms with E-state index >= 15 is 0 Å². The molecule has 0 aliphatic carbocycles. The van der Waals surface area contributed by atoms with E-state index in [0.717, 1.165) is 19.3 Å². The number of nitrogens with zero attached hydrogens (tertiary/aromatic N) is 1. The van der Waals surface area contributed by atoms with Gasteiger partial charge in [-0.15, -0.1) is 0 Å². The van der Waals surface area contributed by atoms with E-state index in [9.17, 15) is 0 Å². The maximum absolute atomic E-state index is 4.95. The Kier molecular flexibility index (Phi) is 6.32. The van der Waals surface area contributed by atoms with Crippen LogP contribution in [0.2, 0.25) is 0 Å². The van der Waals surface area contributed by atoms with Gasteiger partial charge in [0.2, 0.25) is 0 Å².